The van der Waals surface area contributed by atoms with Crippen molar-refractivity contribution in [3.63, 3.8) is 0 Å². The predicted molar refractivity (Wildman–Crippen MR) is 84.0 cm³/mol. The van der Waals surface area contributed by atoms with Gasteiger partial charge in [-0.15, -0.1) is 0 Å². The number of nitrogens with zero attached hydrogens (tertiary/aromatic N) is 4. The zero-order valence-corrected chi connectivity index (χ0v) is 13.6. The molecule has 1 aromatic rings. The van der Waals surface area contributed by atoms with Crippen LogP contribution in [0.15, 0.2) is 12.4 Å². The van der Waals surface area contributed by atoms with Gasteiger partial charge in [0.2, 0.25) is 5.91 Å². The number of piperidine rings is 1. The van der Waals surface area contributed by atoms with Crippen LogP contribution >= 0.6 is 0 Å². The highest BCUT2D eigenvalue weighted by Gasteiger charge is 2.32. The minimum atomic E-state index is -0.365. The minimum absolute atomic E-state index is 0.0152. The molecule has 3 rings (SSSR count). The van der Waals surface area contributed by atoms with Crippen molar-refractivity contribution in [2.75, 3.05) is 24.6 Å². The van der Waals surface area contributed by atoms with E-state index in [2.05, 4.69) is 9.97 Å². The topological polar surface area (TPSA) is 75.6 Å². The lowest BCUT2D eigenvalue weighted by Crippen LogP contribution is -2.37. The van der Waals surface area contributed by atoms with Crippen molar-refractivity contribution in [3.05, 3.63) is 18.1 Å². The van der Waals surface area contributed by atoms with Gasteiger partial charge in [-0.1, -0.05) is 0 Å². The second-order valence-corrected chi connectivity index (χ2v) is 6.32. The van der Waals surface area contributed by atoms with Gasteiger partial charge in [0.05, 0.1) is 24.1 Å². The van der Waals surface area contributed by atoms with E-state index in [0.29, 0.717) is 18.3 Å². The quantitative estimate of drug-likeness (QED) is 0.846. The number of likely N-dealkylation sites (tertiary alicyclic amines) is 1. The lowest BCUT2D eigenvalue weighted by Gasteiger charge is -2.31. The Morgan fingerprint density at radius 1 is 1.30 bits per heavy atom. The molecule has 0 unspecified atom stereocenters. The van der Waals surface area contributed by atoms with E-state index < -0.39 is 0 Å². The fraction of sp³-hybridized carbons (Fsp3) is 0.625. The largest absolute Gasteiger partial charge is 0.447 e. The van der Waals surface area contributed by atoms with E-state index in [-0.39, 0.29) is 18.0 Å². The number of ether oxygens (including phenoxy) is 1. The van der Waals surface area contributed by atoms with Crippen LogP contribution in [0.3, 0.4) is 0 Å². The van der Waals surface area contributed by atoms with E-state index in [1.807, 2.05) is 11.8 Å². The normalized spacial score (nSPS) is 22.3. The molecule has 3 heterocycles. The Kier molecular flexibility index (Phi) is 4.45. The molecule has 7 nitrogen and oxygen atoms in total. The summed E-state index contributed by atoms with van der Waals surface area (Å²) in [7, 11) is 0. The summed E-state index contributed by atoms with van der Waals surface area (Å²) in [5.74, 6) is 1.22. The van der Waals surface area contributed by atoms with Crippen molar-refractivity contribution in [2.24, 2.45) is 5.92 Å². The summed E-state index contributed by atoms with van der Waals surface area (Å²) >= 11 is 0. The highest BCUT2D eigenvalue weighted by Crippen LogP contribution is 2.23. The molecule has 0 bridgehead atoms. The fourth-order valence-electron chi connectivity index (χ4n) is 3.16. The molecule has 7 heteroatoms. The molecule has 0 radical (unpaired) electrons. The standard InChI is InChI=1S/C16H22N4O3/c1-11-10-23-16(22)20(11)15-9-17-14(8-18-15)7-13-3-5-19(6-4-13)12(2)21/h8-9,11,13H,3-7,10H2,1-2H3/t11-/m1/s1. The maximum absolute atomic E-state index is 11.7. The van der Waals surface area contributed by atoms with Gasteiger partial charge in [-0.05, 0) is 32.1 Å². The number of cyclic esters (lactones) is 1. The summed E-state index contributed by atoms with van der Waals surface area (Å²) in [4.78, 5) is 35.3. The van der Waals surface area contributed by atoms with Gasteiger partial charge >= 0.3 is 6.09 Å². The molecule has 124 valence electrons. The second kappa shape index (κ2) is 6.52. The Labute approximate surface area is 135 Å². The summed E-state index contributed by atoms with van der Waals surface area (Å²) in [6.45, 7) is 5.57. The molecule has 2 saturated heterocycles. The number of hydrogen-bond acceptors (Lipinski definition) is 5. The van der Waals surface area contributed by atoms with Gasteiger partial charge in [-0.3, -0.25) is 14.7 Å². The van der Waals surface area contributed by atoms with E-state index in [4.69, 9.17) is 4.74 Å². The minimum Gasteiger partial charge on any atom is -0.447 e. The van der Waals surface area contributed by atoms with Gasteiger partial charge in [0.25, 0.3) is 0 Å². The number of hydrogen-bond donors (Lipinski definition) is 0. The molecule has 1 aromatic heterocycles. The van der Waals surface area contributed by atoms with Gasteiger partial charge in [0.15, 0.2) is 5.82 Å². The third-order valence-corrected chi connectivity index (χ3v) is 4.58. The Bertz CT molecular complexity index is 581. The van der Waals surface area contributed by atoms with Crippen molar-refractivity contribution >= 4 is 17.8 Å². The second-order valence-electron chi connectivity index (χ2n) is 6.32. The average Bonchev–Trinajstić information content (AvgIpc) is 2.88. The Morgan fingerprint density at radius 2 is 2.04 bits per heavy atom. The van der Waals surface area contributed by atoms with E-state index >= 15 is 0 Å². The third-order valence-electron chi connectivity index (χ3n) is 4.58. The molecule has 0 aromatic carbocycles. The van der Waals surface area contributed by atoms with E-state index in [0.717, 1.165) is 38.0 Å². The van der Waals surface area contributed by atoms with Gasteiger partial charge in [0, 0.05) is 20.0 Å². The van der Waals surface area contributed by atoms with Crippen LogP contribution in [0.5, 0.6) is 0 Å². The highest BCUT2D eigenvalue weighted by molar-refractivity contribution is 5.88. The number of rotatable bonds is 3. The molecule has 1 atom stereocenters. The van der Waals surface area contributed by atoms with Crippen molar-refractivity contribution < 1.29 is 14.3 Å². The van der Waals surface area contributed by atoms with Crippen LogP contribution in [0, 0.1) is 5.92 Å². The van der Waals surface area contributed by atoms with Crippen LogP contribution in [-0.2, 0) is 16.0 Å². The Balaban J connectivity index is 1.58. The van der Waals surface area contributed by atoms with Gasteiger partial charge < -0.3 is 9.64 Å². The van der Waals surface area contributed by atoms with E-state index in [1.54, 1.807) is 19.3 Å². The van der Waals surface area contributed by atoms with Crippen LogP contribution in [0.25, 0.3) is 0 Å². The summed E-state index contributed by atoms with van der Waals surface area (Å²) in [6, 6.07) is -0.0152. The van der Waals surface area contributed by atoms with Gasteiger partial charge in [0.1, 0.15) is 6.61 Å². The van der Waals surface area contributed by atoms with Crippen LogP contribution in [0.2, 0.25) is 0 Å². The van der Waals surface area contributed by atoms with E-state index in [9.17, 15) is 9.59 Å². The number of amides is 2. The summed E-state index contributed by atoms with van der Waals surface area (Å²) in [5, 5.41) is 0. The summed E-state index contributed by atoms with van der Waals surface area (Å²) in [5.41, 5.74) is 0.926. The summed E-state index contributed by atoms with van der Waals surface area (Å²) in [6.07, 6.45) is 5.88. The van der Waals surface area contributed by atoms with Crippen molar-refractivity contribution in [1.29, 1.82) is 0 Å². The number of carbonyl (C=O) groups is 2. The SMILES string of the molecule is CC(=O)N1CCC(Cc2cnc(N3C(=O)OC[C@H]3C)cn2)CC1. The first-order valence-corrected chi connectivity index (χ1v) is 8.07. The first-order valence-electron chi connectivity index (χ1n) is 8.07. The van der Waals surface area contributed by atoms with Crippen molar-refractivity contribution in [3.8, 4) is 0 Å². The van der Waals surface area contributed by atoms with E-state index in [1.165, 1.54) is 4.90 Å². The molecule has 0 spiro atoms. The van der Waals surface area contributed by atoms with Crippen molar-refractivity contribution in [1.82, 2.24) is 14.9 Å². The number of aromatic nitrogens is 2. The summed E-state index contributed by atoms with van der Waals surface area (Å²) < 4.78 is 5.00. The number of carbonyl (C=O) groups excluding carboxylic acids is 2. The predicted octanol–water partition coefficient (Wildman–Crippen LogP) is 1.62. The molecular formula is C16H22N4O3. The maximum Gasteiger partial charge on any atom is 0.415 e. The lowest BCUT2D eigenvalue weighted by atomic mass is 9.92. The van der Waals surface area contributed by atoms with Crippen LogP contribution < -0.4 is 4.90 Å². The molecule has 0 N–H and O–H groups in total. The Morgan fingerprint density at radius 3 is 2.57 bits per heavy atom. The van der Waals surface area contributed by atoms with Crippen LogP contribution in [0.1, 0.15) is 32.4 Å². The highest BCUT2D eigenvalue weighted by atomic mass is 16.6. The molecule has 2 aliphatic heterocycles. The van der Waals surface area contributed by atoms with Gasteiger partial charge in [-0.2, -0.15) is 0 Å². The molecule has 23 heavy (non-hydrogen) atoms. The third kappa shape index (κ3) is 3.43. The fourth-order valence-corrected chi connectivity index (χ4v) is 3.16. The molecule has 2 amide bonds. The van der Waals surface area contributed by atoms with Crippen molar-refractivity contribution in [2.45, 2.75) is 39.2 Å². The number of anilines is 1. The smallest absolute Gasteiger partial charge is 0.415 e. The molecular weight excluding hydrogens is 296 g/mol. The first-order chi connectivity index (χ1) is 11.0. The zero-order valence-electron chi connectivity index (χ0n) is 13.6. The maximum atomic E-state index is 11.7. The zero-order chi connectivity index (χ0) is 16.4. The molecule has 2 aliphatic rings. The van der Waals surface area contributed by atoms with Crippen LogP contribution in [0.4, 0.5) is 10.6 Å². The first kappa shape index (κ1) is 15.7. The Hall–Kier alpha value is -2.18. The van der Waals surface area contributed by atoms with Crippen LogP contribution in [-0.4, -0.2) is 52.6 Å². The lowest BCUT2D eigenvalue weighted by molar-refractivity contribution is -0.130. The average molecular weight is 318 g/mol. The van der Waals surface area contributed by atoms with Gasteiger partial charge in [-0.25, -0.2) is 9.78 Å². The molecule has 2 fully saturated rings. The monoisotopic (exact) mass is 318 g/mol. The molecule has 0 saturated carbocycles. The molecule has 0 aliphatic carbocycles.